The van der Waals surface area contributed by atoms with E-state index in [0.717, 1.165) is 0 Å². The number of carbonyl (C=O) groups excluding carboxylic acids is 1. The van der Waals surface area contributed by atoms with Crippen LogP contribution in [0.3, 0.4) is 0 Å². The molecule has 2 rings (SSSR count). The monoisotopic (exact) mass is 452 g/mol. The number of ether oxygens (including phenoxy) is 2. The van der Waals surface area contributed by atoms with Gasteiger partial charge < -0.3 is 14.4 Å². The predicted octanol–water partition coefficient (Wildman–Crippen LogP) is 4.79. The van der Waals surface area contributed by atoms with E-state index in [4.69, 9.17) is 4.74 Å². The second-order valence-electron chi connectivity index (χ2n) is 7.55. The maximum Gasteiger partial charge on any atom is 0.573 e. The van der Waals surface area contributed by atoms with Gasteiger partial charge in [-0.1, -0.05) is 15.9 Å². The summed E-state index contributed by atoms with van der Waals surface area (Å²) < 4.78 is 48.1. The highest BCUT2D eigenvalue weighted by Gasteiger charge is 2.33. The van der Waals surface area contributed by atoms with Crippen LogP contribution in [0, 0.1) is 0 Å². The lowest BCUT2D eigenvalue weighted by atomic mass is 10.1. The molecule has 0 bridgehead atoms. The highest BCUT2D eigenvalue weighted by atomic mass is 79.9. The Bertz CT molecular complexity index is 677. The normalized spacial score (nSPS) is 19.1. The van der Waals surface area contributed by atoms with Gasteiger partial charge in [0.25, 0.3) is 0 Å². The topological polar surface area (TPSA) is 42.0 Å². The van der Waals surface area contributed by atoms with Crippen molar-refractivity contribution in [3.8, 4) is 5.75 Å². The Balaban J connectivity index is 2.05. The number of hydrogen-bond acceptors (Lipinski definition) is 4. The van der Waals surface area contributed by atoms with E-state index in [1.165, 1.54) is 12.1 Å². The van der Waals surface area contributed by atoms with Crippen LogP contribution in [0.4, 0.5) is 18.0 Å². The summed E-state index contributed by atoms with van der Waals surface area (Å²) in [5.74, 6) is -0.215. The van der Waals surface area contributed by atoms with Gasteiger partial charge in [0.05, 0.1) is 0 Å². The first-order valence-corrected chi connectivity index (χ1v) is 9.39. The summed E-state index contributed by atoms with van der Waals surface area (Å²) in [6, 6.07) is 4.39. The van der Waals surface area contributed by atoms with Crippen molar-refractivity contribution in [2.24, 2.45) is 0 Å². The van der Waals surface area contributed by atoms with Gasteiger partial charge in [-0.3, -0.25) is 4.90 Å². The molecule has 1 aromatic rings. The lowest BCUT2D eigenvalue weighted by Crippen LogP contribution is -2.54. The molecule has 1 fully saturated rings. The minimum atomic E-state index is -4.75. The van der Waals surface area contributed by atoms with Crippen molar-refractivity contribution in [3.63, 3.8) is 0 Å². The van der Waals surface area contributed by atoms with Gasteiger partial charge >= 0.3 is 12.5 Å². The highest BCUT2D eigenvalue weighted by Crippen LogP contribution is 2.30. The SMILES string of the molecule is C[C@@H]1CN(C(=O)OC(C)(C)C)CCN1Cc1cc(Br)ccc1OC(F)(F)F. The molecule has 1 aromatic carbocycles. The first-order chi connectivity index (χ1) is 12.3. The van der Waals surface area contributed by atoms with Crippen molar-refractivity contribution in [3.05, 3.63) is 28.2 Å². The summed E-state index contributed by atoms with van der Waals surface area (Å²) in [4.78, 5) is 15.9. The fraction of sp³-hybridized carbons (Fsp3) is 0.611. The lowest BCUT2D eigenvalue weighted by Gasteiger charge is -2.40. The van der Waals surface area contributed by atoms with Crippen molar-refractivity contribution >= 4 is 22.0 Å². The average molecular weight is 453 g/mol. The summed E-state index contributed by atoms with van der Waals surface area (Å²) in [5.41, 5.74) is -0.142. The van der Waals surface area contributed by atoms with Gasteiger partial charge in [-0.05, 0) is 45.9 Å². The molecule has 0 unspecified atom stereocenters. The molecule has 0 spiro atoms. The van der Waals surface area contributed by atoms with Gasteiger partial charge in [0, 0.05) is 42.3 Å². The number of piperazine rings is 1. The Morgan fingerprint density at radius 1 is 1.26 bits per heavy atom. The van der Waals surface area contributed by atoms with Gasteiger partial charge in [-0.2, -0.15) is 0 Å². The number of hydrogen-bond donors (Lipinski definition) is 0. The number of alkyl halides is 3. The van der Waals surface area contributed by atoms with Gasteiger partial charge in [0.1, 0.15) is 11.4 Å². The molecule has 1 atom stereocenters. The Morgan fingerprint density at radius 3 is 2.48 bits per heavy atom. The van der Waals surface area contributed by atoms with E-state index in [2.05, 4.69) is 20.7 Å². The van der Waals surface area contributed by atoms with Crippen LogP contribution in [0.15, 0.2) is 22.7 Å². The van der Waals surface area contributed by atoms with Crippen LogP contribution in [0.2, 0.25) is 0 Å². The zero-order valence-electron chi connectivity index (χ0n) is 15.8. The largest absolute Gasteiger partial charge is 0.573 e. The molecule has 1 heterocycles. The summed E-state index contributed by atoms with van der Waals surface area (Å²) in [7, 11) is 0. The number of halogens is 4. The van der Waals surface area contributed by atoms with Crippen LogP contribution >= 0.6 is 15.9 Å². The molecule has 0 aromatic heterocycles. The van der Waals surface area contributed by atoms with Gasteiger partial charge in [-0.25, -0.2) is 4.79 Å². The minimum absolute atomic E-state index is 0.0380. The van der Waals surface area contributed by atoms with Crippen LogP contribution in [0.1, 0.15) is 33.3 Å². The first-order valence-electron chi connectivity index (χ1n) is 8.60. The standard InChI is InChI=1S/C18H24BrF3N2O3/c1-12-10-24(16(25)27-17(2,3)4)8-7-23(12)11-13-9-14(19)5-6-15(13)26-18(20,21)22/h5-6,9,12H,7-8,10-11H2,1-4H3/t12-/m1/s1. The molecule has 0 saturated carbocycles. The Kier molecular flexibility index (Phi) is 6.68. The van der Waals surface area contributed by atoms with E-state index in [-0.39, 0.29) is 24.4 Å². The molecule has 0 N–H and O–H groups in total. The Labute approximate surface area is 165 Å². The number of benzene rings is 1. The van der Waals surface area contributed by atoms with Crippen LogP contribution in [-0.4, -0.2) is 53.5 Å². The van der Waals surface area contributed by atoms with Gasteiger partial charge in [-0.15, -0.1) is 13.2 Å². The minimum Gasteiger partial charge on any atom is -0.444 e. The van der Waals surface area contributed by atoms with E-state index in [9.17, 15) is 18.0 Å². The maximum absolute atomic E-state index is 12.6. The van der Waals surface area contributed by atoms with E-state index in [1.807, 2.05) is 11.8 Å². The molecule has 1 aliphatic rings. The fourth-order valence-corrected chi connectivity index (χ4v) is 3.25. The maximum atomic E-state index is 12.6. The number of nitrogens with zero attached hydrogens (tertiary/aromatic N) is 2. The first kappa shape index (κ1) is 21.8. The summed E-state index contributed by atoms with van der Waals surface area (Å²) in [6.07, 6.45) is -5.12. The third kappa shape index (κ3) is 6.88. The zero-order chi connectivity index (χ0) is 20.4. The highest BCUT2D eigenvalue weighted by molar-refractivity contribution is 9.10. The second kappa shape index (κ2) is 8.26. The Hall–Kier alpha value is -1.48. The van der Waals surface area contributed by atoms with Crippen molar-refractivity contribution in [1.82, 2.24) is 9.80 Å². The molecular weight excluding hydrogens is 429 g/mol. The quantitative estimate of drug-likeness (QED) is 0.660. The molecule has 5 nitrogen and oxygen atoms in total. The zero-order valence-corrected chi connectivity index (χ0v) is 17.4. The molecular formula is C18H24BrF3N2O3. The molecule has 0 aliphatic carbocycles. The molecule has 9 heteroatoms. The molecule has 1 amide bonds. The lowest BCUT2D eigenvalue weighted by molar-refractivity contribution is -0.275. The van der Waals surface area contributed by atoms with Crippen molar-refractivity contribution < 1.29 is 27.4 Å². The summed E-state index contributed by atoms with van der Waals surface area (Å²) in [6.45, 7) is 9.05. The van der Waals surface area contributed by atoms with Gasteiger partial charge in [0.15, 0.2) is 0 Å². The van der Waals surface area contributed by atoms with Crippen LogP contribution in [0.25, 0.3) is 0 Å². The van der Waals surface area contributed by atoms with E-state index in [0.29, 0.717) is 29.7 Å². The fourth-order valence-electron chi connectivity index (χ4n) is 2.84. The average Bonchev–Trinajstić information content (AvgIpc) is 2.49. The molecule has 1 saturated heterocycles. The molecule has 152 valence electrons. The van der Waals surface area contributed by atoms with E-state index >= 15 is 0 Å². The third-order valence-corrected chi connectivity index (χ3v) is 4.53. The summed E-state index contributed by atoms with van der Waals surface area (Å²) in [5, 5.41) is 0. The molecule has 0 radical (unpaired) electrons. The van der Waals surface area contributed by atoms with Gasteiger partial charge in [0.2, 0.25) is 0 Å². The number of rotatable bonds is 3. The number of carbonyl (C=O) groups is 1. The van der Waals surface area contributed by atoms with Crippen LogP contribution in [0.5, 0.6) is 5.75 Å². The third-order valence-electron chi connectivity index (χ3n) is 4.04. The molecule has 1 aliphatic heterocycles. The van der Waals surface area contributed by atoms with Crippen molar-refractivity contribution in [1.29, 1.82) is 0 Å². The van der Waals surface area contributed by atoms with E-state index < -0.39 is 12.0 Å². The Morgan fingerprint density at radius 2 is 1.93 bits per heavy atom. The van der Waals surface area contributed by atoms with Crippen LogP contribution < -0.4 is 4.74 Å². The van der Waals surface area contributed by atoms with Crippen molar-refractivity contribution in [2.45, 2.75) is 52.2 Å². The number of amides is 1. The van der Waals surface area contributed by atoms with Crippen LogP contribution in [-0.2, 0) is 11.3 Å². The smallest absolute Gasteiger partial charge is 0.444 e. The van der Waals surface area contributed by atoms with Crippen molar-refractivity contribution in [2.75, 3.05) is 19.6 Å². The van der Waals surface area contributed by atoms with E-state index in [1.54, 1.807) is 31.7 Å². The summed E-state index contributed by atoms with van der Waals surface area (Å²) >= 11 is 3.29. The molecule has 27 heavy (non-hydrogen) atoms. The predicted molar refractivity (Wildman–Crippen MR) is 98.5 cm³/mol. The second-order valence-corrected chi connectivity index (χ2v) is 8.46.